The summed E-state index contributed by atoms with van der Waals surface area (Å²) in [4.78, 5) is 10.7. The van der Waals surface area contributed by atoms with Gasteiger partial charge in [0.2, 0.25) is 0 Å². The van der Waals surface area contributed by atoms with E-state index in [0.717, 1.165) is 18.2 Å². The Bertz CT molecular complexity index is 1000. The number of benzene rings is 2. The number of halogens is 3. The monoisotopic (exact) mass is 443 g/mol. The van der Waals surface area contributed by atoms with Gasteiger partial charge < -0.3 is 10.4 Å². The molecule has 1 fully saturated rings. The highest BCUT2D eigenvalue weighted by molar-refractivity contribution is 7.92. The molecule has 1 aliphatic carbocycles. The molecule has 0 atom stereocenters. The molecule has 0 radical (unpaired) electrons. The lowest BCUT2D eigenvalue weighted by Crippen LogP contribution is -2.42. The number of amides is 1. The van der Waals surface area contributed by atoms with Crippen LogP contribution in [0.25, 0.3) is 0 Å². The molecule has 0 heterocycles. The fraction of sp³-hybridized carbons (Fsp3) is 0.350. The molecular formula is C20H20ClF2NO4S. The van der Waals surface area contributed by atoms with Crippen LogP contribution in [0, 0.1) is 17.6 Å². The van der Waals surface area contributed by atoms with Crippen molar-refractivity contribution in [2.24, 2.45) is 5.92 Å². The molecule has 2 N–H and O–H groups in total. The molecule has 0 saturated heterocycles. The van der Waals surface area contributed by atoms with Crippen LogP contribution in [0.3, 0.4) is 0 Å². The largest absolute Gasteiger partial charge is 0.465 e. The lowest BCUT2D eigenvalue weighted by molar-refractivity contribution is 0.188. The van der Waals surface area contributed by atoms with Crippen molar-refractivity contribution in [3.63, 3.8) is 0 Å². The molecule has 0 bridgehead atoms. The Morgan fingerprint density at radius 1 is 1.14 bits per heavy atom. The fourth-order valence-corrected chi connectivity index (χ4v) is 6.24. The van der Waals surface area contributed by atoms with Crippen molar-refractivity contribution in [1.82, 2.24) is 5.32 Å². The molecule has 9 heteroatoms. The van der Waals surface area contributed by atoms with Gasteiger partial charge in [0.25, 0.3) is 0 Å². The molecule has 2 aromatic carbocycles. The van der Waals surface area contributed by atoms with Crippen LogP contribution in [0.2, 0.25) is 5.02 Å². The van der Waals surface area contributed by atoms with Crippen LogP contribution in [-0.2, 0) is 14.6 Å². The van der Waals surface area contributed by atoms with Gasteiger partial charge in [0.1, 0.15) is 16.4 Å². The van der Waals surface area contributed by atoms with Gasteiger partial charge in [0.05, 0.1) is 4.90 Å². The van der Waals surface area contributed by atoms with Crippen LogP contribution in [0.15, 0.2) is 47.4 Å². The van der Waals surface area contributed by atoms with E-state index in [9.17, 15) is 22.0 Å². The highest BCUT2D eigenvalue weighted by Crippen LogP contribution is 2.49. The quantitative estimate of drug-likeness (QED) is 0.698. The van der Waals surface area contributed by atoms with E-state index < -0.39 is 32.3 Å². The molecule has 29 heavy (non-hydrogen) atoms. The number of carboxylic acid groups (broad SMARTS) is 1. The van der Waals surface area contributed by atoms with Crippen molar-refractivity contribution in [3.8, 4) is 0 Å². The summed E-state index contributed by atoms with van der Waals surface area (Å²) < 4.78 is 54.3. The first-order chi connectivity index (χ1) is 13.7. The summed E-state index contributed by atoms with van der Waals surface area (Å²) in [7, 11) is -4.09. The first-order valence-corrected chi connectivity index (χ1v) is 10.9. The normalized spacial score (nSPS) is 22.2. The smallest absolute Gasteiger partial charge is 0.404 e. The Hall–Kier alpha value is -2.19. The van der Waals surface area contributed by atoms with E-state index in [2.05, 4.69) is 5.32 Å². The molecule has 1 saturated carbocycles. The van der Waals surface area contributed by atoms with Gasteiger partial charge in [0.15, 0.2) is 9.84 Å². The number of carbonyl (C=O) groups is 1. The average molecular weight is 444 g/mol. The lowest BCUT2D eigenvalue weighted by atomic mass is 9.77. The number of rotatable bonds is 5. The molecule has 0 aliphatic heterocycles. The second kappa shape index (κ2) is 8.28. The van der Waals surface area contributed by atoms with E-state index in [1.807, 2.05) is 0 Å². The topological polar surface area (TPSA) is 83.5 Å². The summed E-state index contributed by atoms with van der Waals surface area (Å²) in [5.74, 6) is -1.59. The molecule has 3 rings (SSSR count). The standard InChI is InChI=1S/C20H20ClF2NO4S/c21-14-1-4-16(5-2-14)29(27,28)20(17-11-15(22)3-6-18(17)23)9-7-13(8-10-20)12-24-19(25)26/h1-6,11,13,24H,7-10,12H2,(H,25,26). The van der Waals surface area contributed by atoms with Crippen molar-refractivity contribution in [1.29, 1.82) is 0 Å². The summed E-state index contributed by atoms with van der Waals surface area (Å²) >= 11 is 5.87. The maximum Gasteiger partial charge on any atom is 0.404 e. The Morgan fingerprint density at radius 2 is 1.76 bits per heavy atom. The minimum Gasteiger partial charge on any atom is -0.465 e. The van der Waals surface area contributed by atoms with Crippen LogP contribution in [0.5, 0.6) is 0 Å². The predicted octanol–water partition coefficient (Wildman–Crippen LogP) is 4.75. The first-order valence-electron chi connectivity index (χ1n) is 9.08. The predicted molar refractivity (Wildman–Crippen MR) is 105 cm³/mol. The Balaban J connectivity index is 2.05. The minimum absolute atomic E-state index is 0.0207. The van der Waals surface area contributed by atoms with Gasteiger partial charge in [-0.2, -0.15) is 0 Å². The van der Waals surface area contributed by atoms with E-state index in [1.54, 1.807) is 0 Å². The molecule has 156 valence electrons. The van der Waals surface area contributed by atoms with Crippen molar-refractivity contribution in [2.45, 2.75) is 35.3 Å². The van der Waals surface area contributed by atoms with Crippen LogP contribution in [0.1, 0.15) is 31.2 Å². The summed E-state index contributed by atoms with van der Waals surface area (Å²) in [6.07, 6.45) is -0.368. The zero-order valence-electron chi connectivity index (χ0n) is 15.4. The van der Waals surface area contributed by atoms with Gasteiger partial charge in [-0.05, 0) is 74.1 Å². The third-order valence-electron chi connectivity index (χ3n) is 5.51. The fourth-order valence-electron chi connectivity index (χ4n) is 3.95. The van der Waals surface area contributed by atoms with Gasteiger partial charge >= 0.3 is 6.09 Å². The zero-order valence-corrected chi connectivity index (χ0v) is 16.9. The van der Waals surface area contributed by atoms with Crippen molar-refractivity contribution in [2.75, 3.05) is 6.54 Å². The van der Waals surface area contributed by atoms with Gasteiger partial charge in [0, 0.05) is 17.1 Å². The molecular weight excluding hydrogens is 424 g/mol. The summed E-state index contributed by atoms with van der Waals surface area (Å²) in [5, 5.41) is 11.4. The summed E-state index contributed by atoms with van der Waals surface area (Å²) in [5.41, 5.74) is -0.197. The Morgan fingerprint density at radius 3 is 2.34 bits per heavy atom. The minimum atomic E-state index is -4.09. The van der Waals surface area contributed by atoms with Crippen LogP contribution < -0.4 is 5.32 Å². The summed E-state index contributed by atoms with van der Waals surface area (Å²) in [6.45, 7) is 0.179. The van der Waals surface area contributed by atoms with Crippen molar-refractivity contribution in [3.05, 3.63) is 64.7 Å². The number of sulfone groups is 1. The SMILES string of the molecule is O=C(O)NCC1CCC(c2cc(F)ccc2F)(S(=O)(=O)c2ccc(Cl)cc2)CC1. The first kappa shape index (κ1) is 21.5. The van der Waals surface area contributed by atoms with E-state index >= 15 is 0 Å². The molecule has 5 nitrogen and oxygen atoms in total. The number of hydrogen-bond donors (Lipinski definition) is 2. The maximum absolute atomic E-state index is 14.7. The Labute approximate surface area is 172 Å². The summed E-state index contributed by atoms with van der Waals surface area (Å²) in [6, 6.07) is 8.41. The van der Waals surface area contributed by atoms with Crippen LogP contribution >= 0.6 is 11.6 Å². The van der Waals surface area contributed by atoms with E-state index in [4.69, 9.17) is 16.7 Å². The Kier molecular flexibility index (Phi) is 6.14. The van der Waals surface area contributed by atoms with E-state index in [1.165, 1.54) is 24.3 Å². The average Bonchev–Trinajstić information content (AvgIpc) is 2.69. The molecule has 2 aromatic rings. The van der Waals surface area contributed by atoms with Gasteiger partial charge in [-0.3, -0.25) is 0 Å². The maximum atomic E-state index is 14.7. The van der Waals surface area contributed by atoms with Crippen LogP contribution in [-0.4, -0.2) is 26.2 Å². The molecule has 0 aromatic heterocycles. The third-order valence-corrected chi connectivity index (χ3v) is 8.31. The molecule has 0 unspecified atom stereocenters. The highest BCUT2D eigenvalue weighted by Gasteiger charge is 2.50. The van der Waals surface area contributed by atoms with E-state index in [-0.39, 0.29) is 35.8 Å². The molecule has 1 aliphatic rings. The van der Waals surface area contributed by atoms with Gasteiger partial charge in [-0.15, -0.1) is 0 Å². The third kappa shape index (κ3) is 4.23. The number of nitrogens with one attached hydrogen (secondary N) is 1. The second-order valence-corrected chi connectivity index (χ2v) is 9.90. The molecule has 1 amide bonds. The molecule has 0 spiro atoms. The lowest BCUT2D eigenvalue weighted by Gasteiger charge is -2.40. The van der Waals surface area contributed by atoms with E-state index in [0.29, 0.717) is 17.9 Å². The van der Waals surface area contributed by atoms with Crippen LogP contribution in [0.4, 0.5) is 13.6 Å². The second-order valence-electron chi connectivity index (χ2n) is 7.21. The zero-order chi connectivity index (χ0) is 21.2. The van der Waals surface area contributed by atoms with Gasteiger partial charge in [-0.25, -0.2) is 22.0 Å². The van der Waals surface area contributed by atoms with Gasteiger partial charge in [-0.1, -0.05) is 11.6 Å². The van der Waals surface area contributed by atoms with Crippen molar-refractivity contribution >= 4 is 27.5 Å². The number of hydrogen-bond acceptors (Lipinski definition) is 3. The highest BCUT2D eigenvalue weighted by atomic mass is 35.5. The van der Waals surface area contributed by atoms with Crippen molar-refractivity contribution < 1.29 is 27.1 Å².